The summed E-state index contributed by atoms with van der Waals surface area (Å²) in [7, 11) is 0. The number of pyridine rings is 1. The van der Waals surface area contributed by atoms with Gasteiger partial charge in [0.2, 0.25) is 0 Å². The van der Waals surface area contributed by atoms with Crippen molar-refractivity contribution in [2.24, 2.45) is 0 Å². The number of hydrogen-bond acceptors (Lipinski definition) is 4. The van der Waals surface area contributed by atoms with Crippen molar-refractivity contribution in [3.63, 3.8) is 0 Å². The van der Waals surface area contributed by atoms with E-state index in [1.54, 1.807) is 12.1 Å². The molecule has 1 radical (unpaired) electrons. The monoisotopic (exact) mass is 510 g/mol. The van der Waals surface area contributed by atoms with Gasteiger partial charge in [-0.05, 0) is 24.3 Å². The van der Waals surface area contributed by atoms with Crippen molar-refractivity contribution < 1.29 is 34.4 Å². The van der Waals surface area contributed by atoms with E-state index in [2.05, 4.69) is 16.0 Å². The number of aromatic carboxylic acids is 1. The molecule has 0 aliphatic heterocycles. The maximum Gasteiger partial charge on any atom is 0.354 e. The first-order valence-corrected chi connectivity index (χ1v) is 7.21. The molecule has 0 saturated heterocycles. The van der Waals surface area contributed by atoms with Gasteiger partial charge in [0, 0.05) is 26.3 Å². The third-order valence-corrected chi connectivity index (χ3v) is 3.12. The van der Waals surface area contributed by atoms with E-state index >= 15 is 0 Å². The van der Waals surface area contributed by atoms with Crippen LogP contribution < -0.4 is 0 Å². The van der Waals surface area contributed by atoms with Crippen molar-refractivity contribution in [3.8, 4) is 11.5 Å². The molecule has 1 N–H and O–H groups in total. The van der Waals surface area contributed by atoms with Gasteiger partial charge in [-0.3, -0.25) is 4.98 Å². The fourth-order valence-corrected chi connectivity index (χ4v) is 2.00. The molecule has 0 bridgehead atoms. The Balaban J connectivity index is 0.000000196. The first-order chi connectivity index (χ1) is 11.7. The third kappa shape index (κ3) is 4.83. The fraction of sp³-hybridized carbons (Fsp3) is 0. The van der Waals surface area contributed by atoms with Gasteiger partial charge in [-0.25, -0.2) is 9.78 Å². The summed E-state index contributed by atoms with van der Waals surface area (Å²) in [5.41, 5.74) is 2.65. The van der Waals surface area contributed by atoms with Crippen LogP contribution in [-0.4, -0.2) is 21.0 Å². The number of oxazole rings is 1. The van der Waals surface area contributed by atoms with Gasteiger partial charge in [0.15, 0.2) is 0 Å². The zero-order valence-corrected chi connectivity index (χ0v) is 15.3. The Labute approximate surface area is 157 Å². The first-order valence-electron chi connectivity index (χ1n) is 7.21. The molecular weight excluding hydrogens is 496 g/mol. The molecule has 127 valence electrons. The van der Waals surface area contributed by atoms with Crippen molar-refractivity contribution in [3.05, 3.63) is 84.7 Å². The summed E-state index contributed by atoms with van der Waals surface area (Å²) < 4.78 is 5.61. The Hall–Kier alpha value is -2.82. The summed E-state index contributed by atoms with van der Waals surface area (Å²) in [5, 5.41) is 8.32. The number of carboxylic acid groups (broad SMARTS) is 1. The zero-order valence-electron chi connectivity index (χ0n) is 12.9. The molecule has 0 saturated carbocycles. The largest absolute Gasteiger partial charge is 0.481 e. The third-order valence-electron chi connectivity index (χ3n) is 3.12. The van der Waals surface area contributed by atoms with E-state index in [-0.39, 0.29) is 25.8 Å². The molecule has 0 aliphatic carbocycles. The number of nitrogens with zero attached hydrogens (tertiary/aromatic N) is 2. The van der Waals surface area contributed by atoms with E-state index in [4.69, 9.17) is 9.52 Å². The van der Waals surface area contributed by atoms with Crippen LogP contribution in [0.3, 0.4) is 0 Å². The Bertz CT molecular complexity index is 907. The summed E-state index contributed by atoms with van der Waals surface area (Å²) in [6, 6.07) is 23.2. The number of aromatic nitrogens is 2. The molecule has 6 heteroatoms. The molecule has 2 heterocycles. The average Bonchev–Trinajstić information content (AvgIpc) is 3.08. The van der Waals surface area contributed by atoms with Crippen molar-refractivity contribution in [2.75, 3.05) is 0 Å². The zero-order chi connectivity index (χ0) is 16.8. The summed E-state index contributed by atoms with van der Waals surface area (Å²) in [6.45, 7) is 0. The maximum atomic E-state index is 10.1. The van der Waals surface area contributed by atoms with Gasteiger partial charge in [-0.15, -0.1) is 30.3 Å². The predicted octanol–water partition coefficient (Wildman–Crippen LogP) is 4.07. The second-order valence-corrected chi connectivity index (χ2v) is 4.78. The molecule has 0 atom stereocenters. The molecule has 0 aliphatic rings. The summed E-state index contributed by atoms with van der Waals surface area (Å²) >= 11 is 0. The normalized spacial score (nSPS) is 9.60. The van der Waals surface area contributed by atoms with E-state index in [9.17, 15) is 4.79 Å². The predicted molar refractivity (Wildman–Crippen MR) is 89.5 cm³/mol. The summed E-state index contributed by atoms with van der Waals surface area (Å²) in [4.78, 5) is 18.1. The molecular formula is C19H13IrN2O3-. The molecule has 25 heavy (non-hydrogen) atoms. The van der Waals surface area contributed by atoms with Crippen LogP contribution in [0.25, 0.3) is 22.6 Å². The second kappa shape index (κ2) is 8.87. The number of hydrogen-bond donors (Lipinski definition) is 1. The van der Waals surface area contributed by atoms with Gasteiger partial charge < -0.3 is 9.52 Å². The van der Waals surface area contributed by atoms with Crippen LogP contribution in [0, 0.1) is 6.07 Å². The van der Waals surface area contributed by atoms with Gasteiger partial charge in [0.25, 0.3) is 0 Å². The number of carboxylic acids is 1. The number of benzene rings is 2. The van der Waals surface area contributed by atoms with Gasteiger partial charge in [-0.1, -0.05) is 23.8 Å². The van der Waals surface area contributed by atoms with E-state index < -0.39 is 5.97 Å². The molecule has 0 amide bonds. The quantitative estimate of drug-likeness (QED) is 0.413. The van der Waals surface area contributed by atoms with Crippen molar-refractivity contribution in [2.45, 2.75) is 0 Å². The minimum atomic E-state index is -0.990. The maximum absolute atomic E-state index is 10.1. The molecule has 0 fully saturated rings. The molecule has 0 unspecified atom stereocenters. The van der Waals surface area contributed by atoms with Crippen LogP contribution in [0.15, 0.2) is 77.3 Å². The number of rotatable bonds is 2. The summed E-state index contributed by atoms with van der Waals surface area (Å²) in [5.74, 6) is -0.368. The molecule has 5 nitrogen and oxygen atoms in total. The molecule has 2 aromatic heterocycles. The van der Waals surface area contributed by atoms with E-state index in [0.29, 0.717) is 5.89 Å². The molecule has 2 aromatic carbocycles. The molecule has 4 rings (SSSR count). The van der Waals surface area contributed by atoms with Crippen molar-refractivity contribution in [1.29, 1.82) is 0 Å². The van der Waals surface area contributed by atoms with Crippen LogP contribution in [-0.2, 0) is 20.1 Å². The number of fused-ring (bicyclic) bond motifs is 1. The van der Waals surface area contributed by atoms with Crippen molar-refractivity contribution >= 4 is 17.1 Å². The van der Waals surface area contributed by atoms with Crippen LogP contribution in [0.1, 0.15) is 10.5 Å². The fourth-order valence-electron chi connectivity index (χ4n) is 2.00. The van der Waals surface area contributed by atoms with Gasteiger partial charge in [0.05, 0.1) is 5.52 Å². The Morgan fingerprint density at radius 3 is 2.36 bits per heavy atom. The minimum absolute atomic E-state index is 0. The molecule has 0 spiro atoms. The first kappa shape index (κ1) is 18.5. The van der Waals surface area contributed by atoms with Gasteiger partial charge >= 0.3 is 5.97 Å². The Morgan fingerprint density at radius 2 is 1.76 bits per heavy atom. The summed E-state index contributed by atoms with van der Waals surface area (Å²) in [6.07, 6.45) is 1.45. The Morgan fingerprint density at radius 1 is 1.00 bits per heavy atom. The smallest absolute Gasteiger partial charge is 0.354 e. The Kier molecular flexibility index (Phi) is 6.57. The second-order valence-electron chi connectivity index (χ2n) is 4.78. The SMILES string of the molecule is O=C(O)c1ccccn1.[Ir].[c-]1ccccc1-c1nc2ccccc2o1. The van der Waals surface area contributed by atoms with E-state index in [1.165, 1.54) is 12.3 Å². The minimum Gasteiger partial charge on any atom is -0.481 e. The van der Waals surface area contributed by atoms with E-state index in [1.807, 2.05) is 48.5 Å². The van der Waals surface area contributed by atoms with Crippen LogP contribution in [0.5, 0.6) is 0 Å². The molecule has 4 aromatic rings. The average molecular weight is 510 g/mol. The van der Waals surface area contributed by atoms with Crippen LogP contribution in [0.2, 0.25) is 0 Å². The number of carbonyl (C=O) groups is 1. The van der Waals surface area contributed by atoms with Crippen molar-refractivity contribution in [1.82, 2.24) is 9.97 Å². The topological polar surface area (TPSA) is 76.2 Å². The van der Waals surface area contributed by atoms with Gasteiger partial charge in [-0.2, -0.15) is 0 Å². The standard InChI is InChI=1S/C13H8NO.C6H5NO2.Ir/c1-2-6-10(7-3-1)13-14-11-8-4-5-9-12(11)15-13;8-6(9)5-3-1-2-4-7-5;/h1-6,8-9H;1-4H,(H,8,9);/q-1;;. The van der Waals surface area contributed by atoms with Crippen LogP contribution >= 0.6 is 0 Å². The van der Waals surface area contributed by atoms with E-state index in [0.717, 1.165) is 16.7 Å². The number of para-hydroxylation sites is 2. The van der Waals surface area contributed by atoms with Crippen LogP contribution in [0.4, 0.5) is 0 Å². The van der Waals surface area contributed by atoms with Gasteiger partial charge in [0.1, 0.15) is 17.2 Å².